The highest BCUT2D eigenvalue weighted by atomic mass is 32.1. The number of rotatable bonds is 0. The second-order valence-electron chi connectivity index (χ2n) is 5.12. The van der Waals surface area contributed by atoms with Crippen molar-refractivity contribution in [1.82, 2.24) is 0 Å². The van der Waals surface area contributed by atoms with Crippen LogP contribution < -0.4 is 0 Å². The normalized spacial score (nSPS) is 24.6. The first-order valence-corrected chi connectivity index (χ1v) is 7.59. The van der Waals surface area contributed by atoms with E-state index < -0.39 is 0 Å². The van der Waals surface area contributed by atoms with Crippen molar-refractivity contribution >= 4 is 12.6 Å². The molecule has 15 heavy (non-hydrogen) atoms. The van der Waals surface area contributed by atoms with Gasteiger partial charge in [-0.2, -0.15) is 12.6 Å². The summed E-state index contributed by atoms with van der Waals surface area (Å²) in [5.74, 6) is 0. The number of hydrogen-bond donors (Lipinski definition) is 1. The van der Waals surface area contributed by atoms with Gasteiger partial charge in [0, 0.05) is 5.25 Å². The van der Waals surface area contributed by atoms with Crippen molar-refractivity contribution in [3.63, 3.8) is 0 Å². The first kappa shape index (κ1) is 13.4. The molecule has 1 aliphatic carbocycles. The van der Waals surface area contributed by atoms with E-state index in [4.69, 9.17) is 0 Å². The van der Waals surface area contributed by atoms with E-state index in [1.807, 2.05) is 0 Å². The van der Waals surface area contributed by atoms with Gasteiger partial charge in [-0.15, -0.1) is 0 Å². The molecule has 0 nitrogen and oxygen atoms in total. The lowest BCUT2D eigenvalue weighted by Gasteiger charge is -2.11. The van der Waals surface area contributed by atoms with Gasteiger partial charge in [0.1, 0.15) is 0 Å². The lowest BCUT2D eigenvalue weighted by Crippen LogP contribution is -1.99. The molecule has 0 heterocycles. The lowest BCUT2D eigenvalue weighted by molar-refractivity contribution is 0.510. The van der Waals surface area contributed by atoms with E-state index in [-0.39, 0.29) is 0 Å². The van der Waals surface area contributed by atoms with Crippen LogP contribution >= 0.6 is 12.6 Å². The summed E-state index contributed by atoms with van der Waals surface area (Å²) in [5, 5.41) is 0.688. The average molecular weight is 228 g/mol. The van der Waals surface area contributed by atoms with Crippen LogP contribution in [0.15, 0.2) is 0 Å². The van der Waals surface area contributed by atoms with Crippen LogP contribution in [0.2, 0.25) is 0 Å². The molecule has 0 saturated heterocycles. The van der Waals surface area contributed by atoms with Gasteiger partial charge in [0.05, 0.1) is 0 Å². The quantitative estimate of drug-likeness (QED) is 0.529. The van der Waals surface area contributed by atoms with Gasteiger partial charge in [-0.05, 0) is 12.8 Å². The Morgan fingerprint density at radius 2 is 0.733 bits per heavy atom. The van der Waals surface area contributed by atoms with E-state index in [0.29, 0.717) is 5.25 Å². The van der Waals surface area contributed by atoms with Gasteiger partial charge < -0.3 is 0 Å². The van der Waals surface area contributed by atoms with Crippen molar-refractivity contribution in [2.24, 2.45) is 0 Å². The van der Waals surface area contributed by atoms with E-state index in [1.165, 1.54) is 83.5 Å². The minimum Gasteiger partial charge on any atom is -0.176 e. The summed E-state index contributed by atoms with van der Waals surface area (Å²) in [6.45, 7) is 0. The molecule has 1 heteroatoms. The van der Waals surface area contributed by atoms with E-state index in [1.54, 1.807) is 0 Å². The molecule has 1 saturated carbocycles. The zero-order valence-electron chi connectivity index (χ0n) is 10.2. The zero-order chi connectivity index (χ0) is 10.8. The second kappa shape index (κ2) is 9.57. The molecule has 0 aliphatic heterocycles. The van der Waals surface area contributed by atoms with Gasteiger partial charge in [-0.1, -0.05) is 70.6 Å². The molecule has 90 valence electrons. The topological polar surface area (TPSA) is 0 Å². The summed E-state index contributed by atoms with van der Waals surface area (Å²) in [4.78, 5) is 0. The molecule has 0 radical (unpaired) electrons. The summed E-state index contributed by atoms with van der Waals surface area (Å²) in [6, 6.07) is 0. The molecule has 0 unspecified atom stereocenters. The summed E-state index contributed by atoms with van der Waals surface area (Å²) in [7, 11) is 0. The van der Waals surface area contributed by atoms with Crippen LogP contribution in [-0.4, -0.2) is 5.25 Å². The number of thiol groups is 1. The van der Waals surface area contributed by atoms with Crippen LogP contribution in [0.1, 0.15) is 83.5 Å². The van der Waals surface area contributed by atoms with Gasteiger partial charge in [0.25, 0.3) is 0 Å². The van der Waals surface area contributed by atoms with Crippen LogP contribution in [0.3, 0.4) is 0 Å². The average Bonchev–Trinajstić information content (AvgIpc) is 2.24. The van der Waals surface area contributed by atoms with E-state index in [2.05, 4.69) is 12.6 Å². The van der Waals surface area contributed by atoms with Crippen LogP contribution in [0.5, 0.6) is 0 Å². The third kappa shape index (κ3) is 8.19. The fraction of sp³-hybridized carbons (Fsp3) is 1.00. The largest absolute Gasteiger partial charge is 0.176 e. The maximum Gasteiger partial charge on any atom is 0.00168 e. The van der Waals surface area contributed by atoms with Gasteiger partial charge in [0.2, 0.25) is 0 Å². The monoisotopic (exact) mass is 228 g/mol. The van der Waals surface area contributed by atoms with Crippen LogP contribution in [0, 0.1) is 0 Å². The maximum atomic E-state index is 4.67. The summed E-state index contributed by atoms with van der Waals surface area (Å²) in [5.41, 5.74) is 0. The fourth-order valence-electron chi connectivity index (χ4n) is 2.50. The Balaban J connectivity index is 2.10. The standard InChI is InChI=1S/C14H28S/c15-14-12-10-8-6-4-2-1-3-5-7-9-11-13-14/h14-15H,1-13H2. The Labute approximate surface area is 102 Å². The van der Waals surface area contributed by atoms with Gasteiger partial charge >= 0.3 is 0 Å². The minimum absolute atomic E-state index is 0.688. The molecule has 0 aromatic carbocycles. The lowest BCUT2D eigenvalue weighted by atomic mass is 10.0. The Morgan fingerprint density at radius 3 is 1.07 bits per heavy atom. The molecule has 0 bridgehead atoms. The third-order valence-corrected chi connectivity index (χ3v) is 4.09. The smallest absolute Gasteiger partial charge is 0.00168 e. The van der Waals surface area contributed by atoms with Gasteiger partial charge in [-0.25, -0.2) is 0 Å². The molecule has 0 atom stereocenters. The summed E-state index contributed by atoms with van der Waals surface area (Å²) < 4.78 is 0. The molecule has 1 rings (SSSR count). The molecule has 0 spiro atoms. The molecular formula is C14H28S. The first-order chi connectivity index (χ1) is 7.39. The van der Waals surface area contributed by atoms with Gasteiger partial charge in [0.15, 0.2) is 0 Å². The Kier molecular flexibility index (Phi) is 8.56. The zero-order valence-corrected chi connectivity index (χ0v) is 11.1. The van der Waals surface area contributed by atoms with Crippen LogP contribution in [-0.2, 0) is 0 Å². The number of hydrogen-bond acceptors (Lipinski definition) is 1. The molecule has 1 aliphatic rings. The molecule has 0 amide bonds. The highest BCUT2D eigenvalue weighted by Crippen LogP contribution is 2.19. The van der Waals surface area contributed by atoms with Crippen molar-refractivity contribution < 1.29 is 0 Å². The van der Waals surface area contributed by atoms with Crippen LogP contribution in [0.25, 0.3) is 0 Å². The van der Waals surface area contributed by atoms with Crippen molar-refractivity contribution in [1.29, 1.82) is 0 Å². The predicted octanol–water partition coefficient (Wildman–Crippen LogP) is 5.37. The van der Waals surface area contributed by atoms with E-state index >= 15 is 0 Å². The van der Waals surface area contributed by atoms with Crippen molar-refractivity contribution in [2.75, 3.05) is 0 Å². The molecule has 0 N–H and O–H groups in total. The second-order valence-corrected chi connectivity index (χ2v) is 5.85. The van der Waals surface area contributed by atoms with Gasteiger partial charge in [-0.3, -0.25) is 0 Å². The predicted molar refractivity (Wildman–Crippen MR) is 72.8 cm³/mol. The van der Waals surface area contributed by atoms with Crippen LogP contribution in [0.4, 0.5) is 0 Å². The molecule has 0 aromatic rings. The third-order valence-electron chi connectivity index (χ3n) is 3.57. The highest BCUT2D eigenvalue weighted by Gasteiger charge is 2.03. The highest BCUT2D eigenvalue weighted by molar-refractivity contribution is 7.80. The van der Waals surface area contributed by atoms with Crippen molar-refractivity contribution in [3.05, 3.63) is 0 Å². The molecular weight excluding hydrogens is 200 g/mol. The van der Waals surface area contributed by atoms with Crippen molar-refractivity contribution in [3.8, 4) is 0 Å². The maximum absolute atomic E-state index is 4.67. The SMILES string of the molecule is SC1CCCCCCCCCCCCC1. The minimum atomic E-state index is 0.688. The van der Waals surface area contributed by atoms with E-state index in [0.717, 1.165) is 0 Å². The Morgan fingerprint density at radius 1 is 0.467 bits per heavy atom. The molecule has 0 aromatic heterocycles. The Bertz CT molecular complexity index is 119. The first-order valence-electron chi connectivity index (χ1n) is 7.07. The summed E-state index contributed by atoms with van der Waals surface area (Å²) >= 11 is 4.67. The molecule has 1 fully saturated rings. The Hall–Kier alpha value is 0.350. The summed E-state index contributed by atoms with van der Waals surface area (Å²) in [6.07, 6.45) is 18.7. The van der Waals surface area contributed by atoms with Crippen molar-refractivity contribution in [2.45, 2.75) is 88.7 Å². The fourth-order valence-corrected chi connectivity index (χ4v) is 2.86. The van der Waals surface area contributed by atoms with E-state index in [9.17, 15) is 0 Å².